The van der Waals surface area contributed by atoms with Gasteiger partial charge >= 0.3 is 0 Å². The summed E-state index contributed by atoms with van der Waals surface area (Å²) in [6, 6.07) is 0. The van der Waals surface area contributed by atoms with E-state index < -0.39 is 5.54 Å². The minimum atomic E-state index is -0.757. The first kappa shape index (κ1) is 17.1. The number of amides is 1. The van der Waals surface area contributed by atoms with Gasteiger partial charge in [-0.15, -0.1) is 0 Å². The maximum atomic E-state index is 12.4. The molecule has 5 nitrogen and oxygen atoms in total. The second-order valence-corrected chi connectivity index (χ2v) is 7.58. The topological polar surface area (TPSA) is 67.6 Å². The van der Waals surface area contributed by atoms with E-state index in [-0.39, 0.29) is 11.4 Å². The Morgan fingerprint density at radius 3 is 2.76 bits per heavy atom. The fraction of sp³-hybridized carbons (Fsp3) is 0.933. The number of thioether (sulfide) groups is 1. The van der Waals surface area contributed by atoms with Crippen molar-refractivity contribution in [1.82, 2.24) is 10.2 Å². The monoisotopic (exact) mass is 315 g/mol. The molecule has 21 heavy (non-hydrogen) atoms. The van der Waals surface area contributed by atoms with E-state index >= 15 is 0 Å². The van der Waals surface area contributed by atoms with Gasteiger partial charge < -0.3 is 15.8 Å². The first-order valence-electron chi connectivity index (χ1n) is 7.98. The van der Waals surface area contributed by atoms with Crippen molar-refractivity contribution >= 4 is 17.7 Å². The molecular formula is C15H29N3O2S. The van der Waals surface area contributed by atoms with E-state index in [1.54, 1.807) is 0 Å². The van der Waals surface area contributed by atoms with E-state index in [0.717, 1.165) is 51.3 Å². The van der Waals surface area contributed by atoms with Crippen molar-refractivity contribution in [2.24, 2.45) is 5.73 Å². The lowest BCUT2D eigenvalue weighted by Gasteiger charge is -2.43. The van der Waals surface area contributed by atoms with Crippen LogP contribution in [0.3, 0.4) is 0 Å². The van der Waals surface area contributed by atoms with Crippen molar-refractivity contribution in [3.8, 4) is 0 Å². The molecule has 0 bridgehead atoms. The molecule has 0 saturated carbocycles. The molecule has 1 amide bonds. The summed E-state index contributed by atoms with van der Waals surface area (Å²) < 4.78 is 5.46. The number of rotatable bonds is 6. The molecule has 3 N–H and O–H groups in total. The van der Waals surface area contributed by atoms with Crippen LogP contribution in [-0.4, -0.2) is 66.2 Å². The summed E-state index contributed by atoms with van der Waals surface area (Å²) in [6.07, 6.45) is 2.77. The van der Waals surface area contributed by atoms with Gasteiger partial charge in [-0.2, -0.15) is 11.8 Å². The fourth-order valence-electron chi connectivity index (χ4n) is 3.21. The number of carbonyl (C=O) groups is 1. The van der Waals surface area contributed by atoms with E-state index in [2.05, 4.69) is 17.1 Å². The molecule has 0 aromatic rings. The molecule has 0 aromatic heterocycles. The van der Waals surface area contributed by atoms with E-state index in [9.17, 15) is 4.79 Å². The standard InChI is InChI=1S/C15H29N3O2S/c1-3-4-14(2,16)13(19)17-11-15(5-10-21-12-15)18-6-8-20-9-7-18/h3-12,16H2,1-2H3,(H,17,19). The zero-order valence-corrected chi connectivity index (χ0v) is 14.1. The number of nitrogens with one attached hydrogen (secondary N) is 1. The Balaban J connectivity index is 1.95. The van der Waals surface area contributed by atoms with Crippen molar-refractivity contribution in [2.45, 2.75) is 44.2 Å². The summed E-state index contributed by atoms with van der Waals surface area (Å²) in [4.78, 5) is 14.9. The average Bonchev–Trinajstić information content (AvgIpc) is 2.96. The lowest BCUT2D eigenvalue weighted by Crippen LogP contribution is -2.61. The highest BCUT2D eigenvalue weighted by atomic mass is 32.2. The number of nitrogens with zero attached hydrogens (tertiary/aromatic N) is 1. The third-order valence-electron chi connectivity index (χ3n) is 4.63. The Morgan fingerprint density at radius 1 is 1.48 bits per heavy atom. The molecule has 122 valence electrons. The van der Waals surface area contributed by atoms with Gasteiger partial charge in [-0.25, -0.2) is 0 Å². The van der Waals surface area contributed by atoms with Crippen LogP contribution in [0.2, 0.25) is 0 Å². The number of ether oxygens (including phenoxy) is 1. The quantitative estimate of drug-likeness (QED) is 0.760. The van der Waals surface area contributed by atoms with E-state index in [4.69, 9.17) is 10.5 Å². The van der Waals surface area contributed by atoms with Gasteiger partial charge in [0.1, 0.15) is 0 Å². The summed E-state index contributed by atoms with van der Waals surface area (Å²) in [5, 5.41) is 3.13. The highest BCUT2D eigenvalue weighted by Crippen LogP contribution is 2.33. The molecule has 2 aliphatic heterocycles. The third-order valence-corrected chi connectivity index (χ3v) is 5.86. The molecule has 2 heterocycles. The van der Waals surface area contributed by atoms with Crippen molar-refractivity contribution < 1.29 is 9.53 Å². The van der Waals surface area contributed by atoms with Crippen LogP contribution in [0.5, 0.6) is 0 Å². The van der Waals surface area contributed by atoms with Gasteiger partial charge in [-0.05, 0) is 25.5 Å². The van der Waals surface area contributed by atoms with Gasteiger partial charge in [-0.3, -0.25) is 9.69 Å². The number of hydrogen-bond acceptors (Lipinski definition) is 5. The smallest absolute Gasteiger partial charge is 0.239 e. The second kappa shape index (κ2) is 7.31. The highest BCUT2D eigenvalue weighted by Gasteiger charge is 2.41. The Labute approximate surface area is 132 Å². The molecule has 2 fully saturated rings. The molecule has 0 radical (unpaired) electrons. The normalized spacial score (nSPS) is 30.0. The highest BCUT2D eigenvalue weighted by molar-refractivity contribution is 7.99. The maximum absolute atomic E-state index is 12.4. The molecule has 2 unspecified atom stereocenters. The molecular weight excluding hydrogens is 286 g/mol. The summed E-state index contributed by atoms with van der Waals surface area (Å²) >= 11 is 1.98. The van der Waals surface area contributed by atoms with Crippen LogP contribution in [0, 0.1) is 0 Å². The zero-order chi connectivity index (χ0) is 15.3. The van der Waals surface area contributed by atoms with Crippen molar-refractivity contribution in [2.75, 3.05) is 44.4 Å². The molecule has 2 rings (SSSR count). The van der Waals surface area contributed by atoms with Crippen LogP contribution < -0.4 is 11.1 Å². The first-order chi connectivity index (χ1) is 10.0. The first-order valence-corrected chi connectivity index (χ1v) is 9.13. The third kappa shape index (κ3) is 4.12. The minimum Gasteiger partial charge on any atom is -0.379 e. The SMILES string of the molecule is CCCC(C)(N)C(=O)NCC1(N2CCOCC2)CCSC1. The predicted octanol–water partition coefficient (Wildman–Crippen LogP) is 0.828. The molecule has 0 aliphatic carbocycles. The van der Waals surface area contributed by atoms with Crippen LogP contribution in [0.4, 0.5) is 0 Å². The lowest BCUT2D eigenvalue weighted by atomic mass is 9.93. The van der Waals surface area contributed by atoms with Crippen LogP contribution in [0.25, 0.3) is 0 Å². The Bertz CT molecular complexity index is 351. The molecule has 2 saturated heterocycles. The van der Waals surface area contributed by atoms with E-state index in [1.165, 1.54) is 5.75 Å². The Morgan fingerprint density at radius 2 is 2.19 bits per heavy atom. The maximum Gasteiger partial charge on any atom is 0.239 e. The lowest BCUT2D eigenvalue weighted by molar-refractivity contribution is -0.126. The van der Waals surface area contributed by atoms with Crippen molar-refractivity contribution in [3.05, 3.63) is 0 Å². The minimum absolute atomic E-state index is 0.0196. The predicted molar refractivity (Wildman–Crippen MR) is 87.6 cm³/mol. The zero-order valence-electron chi connectivity index (χ0n) is 13.3. The van der Waals surface area contributed by atoms with Gasteiger partial charge in [0, 0.05) is 30.9 Å². The average molecular weight is 315 g/mol. The molecule has 6 heteroatoms. The molecule has 2 atom stereocenters. The fourth-order valence-corrected chi connectivity index (χ4v) is 4.69. The summed E-state index contributed by atoms with van der Waals surface area (Å²) in [5.74, 6) is 2.23. The van der Waals surface area contributed by atoms with Crippen LogP contribution in [0.15, 0.2) is 0 Å². The van der Waals surface area contributed by atoms with Crippen molar-refractivity contribution in [1.29, 1.82) is 0 Å². The largest absolute Gasteiger partial charge is 0.379 e. The Kier molecular flexibility index (Phi) is 5.94. The summed E-state index contributed by atoms with van der Waals surface area (Å²) in [6.45, 7) is 8.11. The van der Waals surface area contributed by atoms with Crippen LogP contribution >= 0.6 is 11.8 Å². The molecule has 0 aromatic carbocycles. The van der Waals surface area contributed by atoms with Gasteiger partial charge in [0.25, 0.3) is 0 Å². The van der Waals surface area contributed by atoms with Crippen molar-refractivity contribution in [3.63, 3.8) is 0 Å². The second-order valence-electron chi connectivity index (χ2n) is 6.48. The van der Waals surface area contributed by atoms with Crippen LogP contribution in [-0.2, 0) is 9.53 Å². The number of carbonyl (C=O) groups excluding carboxylic acids is 1. The number of nitrogens with two attached hydrogens (primary N) is 1. The molecule has 0 spiro atoms. The van der Waals surface area contributed by atoms with Gasteiger partial charge in [0.05, 0.1) is 18.8 Å². The van der Waals surface area contributed by atoms with E-state index in [0.29, 0.717) is 6.54 Å². The van der Waals surface area contributed by atoms with Crippen LogP contribution in [0.1, 0.15) is 33.1 Å². The number of morpholine rings is 1. The van der Waals surface area contributed by atoms with Gasteiger partial charge in [0.15, 0.2) is 0 Å². The summed E-state index contributed by atoms with van der Waals surface area (Å²) in [5.41, 5.74) is 5.46. The Hall–Kier alpha value is -0.300. The van der Waals surface area contributed by atoms with Gasteiger partial charge in [0.2, 0.25) is 5.91 Å². The number of hydrogen-bond donors (Lipinski definition) is 2. The van der Waals surface area contributed by atoms with E-state index in [1.807, 2.05) is 18.7 Å². The van der Waals surface area contributed by atoms with Gasteiger partial charge in [-0.1, -0.05) is 13.3 Å². The molecule has 2 aliphatic rings. The summed E-state index contributed by atoms with van der Waals surface area (Å²) in [7, 11) is 0.